The highest BCUT2D eigenvalue weighted by atomic mass is 79.9. The second-order valence-electron chi connectivity index (χ2n) is 28.5. The van der Waals surface area contributed by atoms with Crippen LogP contribution in [-0.2, 0) is 22.7 Å². The maximum atomic E-state index is 5.82. The Morgan fingerprint density at radius 2 is 0.584 bits per heavy atom. The molecule has 0 bridgehead atoms. The van der Waals surface area contributed by atoms with Gasteiger partial charge in [0.25, 0.3) is 0 Å². The van der Waals surface area contributed by atoms with E-state index in [9.17, 15) is 0 Å². The van der Waals surface area contributed by atoms with E-state index in [2.05, 4.69) is 309 Å². The van der Waals surface area contributed by atoms with Crippen LogP contribution in [0.5, 0.6) is 0 Å². The van der Waals surface area contributed by atoms with Gasteiger partial charge in [-0.05, 0) is 281 Å². The third-order valence-corrected chi connectivity index (χ3v) is 20.4. The van der Waals surface area contributed by atoms with Crippen LogP contribution in [0.4, 0.5) is 0 Å². The summed E-state index contributed by atoms with van der Waals surface area (Å²) in [6.07, 6.45) is 57.3. The molecule has 4 aromatic carbocycles. The van der Waals surface area contributed by atoms with Crippen LogP contribution in [-0.4, -0.2) is 29.5 Å². The fourth-order valence-electron chi connectivity index (χ4n) is 10.8. The molecule has 4 aromatic rings. The molecule has 552 valence electrons. The van der Waals surface area contributed by atoms with E-state index < -0.39 is 0 Å². The molecule has 0 fully saturated rings. The van der Waals surface area contributed by atoms with Crippen LogP contribution in [0, 0.1) is 0 Å². The number of benzene rings is 4. The maximum Gasteiger partial charge on any atom is 0.0721 e. The first kappa shape index (κ1) is 91.4. The molecule has 4 rings (SSSR count). The number of hydrogen-bond donors (Lipinski definition) is 0. The van der Waals surface area contributed by atoms with Crippen LogP contribution < -0.4 is 0 Å². The standard InChI is InChI=1S/C48H68OS.C26H38S.C22H31BrO/c1-39(2)20-15-21-40(3)22-16-23-41(4)25-18-28-44(7)36-48(50-47-32-13-10-14-33-47)37-45(8)29-19-26-42(5)24-17-27-43(6)34-35-49-38-46-30-11-9-12-31-46;1-22(2)12-9-13-23(3)14-10-15-24(4)16-11-17-25(5)20-21-27-26-18-7-6-8-19-26;1-19(10-8-12-21(3)17-23)9-7-11-20(2)15-16-24-18-22-13-5-4-6-14-22/h9-14,20,22,24-25,29-34,36,48H,15-19,21,23,26-28,35,37-38H2,1-8H3;6-8,12,14,16,18-20H,9-11,13,15,17,21H2,1-5H3;4-6,9,12-15H,7-8,10-11,16-18H2,1-3H3/b40-22+,41-25+,42-24+,43-34+,44-36+,45-29+;23-14+,24-16+,25-20+;19-9+,20-15+,21-12+. The van der Waals surface area contributed by atoms with Crippen molar-refractivity contribution in [3.63, 3.8) is 0 Å². The fraction of sp³-hybridized carbons (Fsp3) is 0.458. The summed E-state index contributed by atoms with van der Waals surface area (Å²) in [5.41, 5.74) is 23.0. The first-order valence-electron chi connectivity index (χ1n) is 38.0. The summed E-state index contributed by atoms with van der Waals surface area (Å²) in [6, 6.07) is 42.2. The smallest absolute Gasteiger partial charge is 0.0721 e. The van der Waals surface area contributed by atoms with E-state index in [1.807, 2.05) is 47.8 Å². The molecule has 1 atom stereocenters. The van der Waals surface area contributed by atoms with Crippen molar-refractivity contribution in [1.82, 2.24) is 0 Å². The summed E-state index contributed by atoms with van der Waals surface area (Å²) in [7, 11) is 0. The van der Waals surface area contributed by atoms with Crippen molar-refractivity contribution in [3.8, 4) is 0 Å². The molecule has 0 radical (unpaired) electrons. The van der Waals surface area contributed by atoms with Crippen LogP contribution in [0.25, 0.3) is 0 Å². The molecule has 1 unspecified atom stereocenters. The van der Waals surface area contributed by atoms with Gasteiger partial charge in [-0.15, -0.1) is 23.5 Å². The van der Waals surface area contributed by atoms with Crippen molar-refractivity contribution in [2.24, 2.45) is 0 Å². The van der Waals surface area contributed by atoms with Gasteiger partial charge in [-0.25, -0.2) is 0 Å². The first-order valence-corrected chi connectivity index (χ1v) is 41.0. The molecule has 0 aliphatic heterocycles. The predicted octanol–water partition coefficient (Wildman–Crippen LogP) is 31.2. The van der Waals surface area contributed by atoms with E-state index in [1.54, 1.807) is 0 Å². The Morgan fingerprint density at radius 1 is 0.307 bits per heavy atom. The van der Waals surface area contributed by atoms with Crippen LogP contribution in [0.3, 0.4) is 0 Å². The number of alkyl halides is 1. The van der Waals surface area contributed by atoms with Gasteiger partial charge in [-0.3, -0.25) is 0 Å². The van der Waals surface area contributed by atoms with Crippen LogP contribution in [0.15, 0.2) is 294 Å². The Balaban J connectivity index is 0.000000570. The van der Waals surface area contributed by atoms with Gasteiger partial charge in [0.05, 0.1) is 26.4 Å². The molecule has 0 aliphatic carbocycles. The van der Waals surface area contributed by atoms with E-state index in [1.165, 1.54) is 137 Å². The molecule has 0 N–H and O–H groups in total. The van der Waals surface area contributed by atoms with Gasteiger partial charge in [-0.2, -0.15) is 0 Å². The zero-order valence-corrected chi connectivity index (χ0v) is 69.5. The Kier molecular flexibility index (Phi) is 55.0. The molecular weight excluding hydrogens is 1330 g/mol. The molecule has 0 heterocycles. The van der Waals surface area contributed by atoms with Gasteiger partial charge >= 0.3 is 0 Å². The first-order chi connectivity index (χ1) is 48.7. The summed E-state index contributed by atoms with van der Waals surface area (Å²) >= 11 is 7.38. The predicted molar refractivity (Wildman–Crippen MR) is 460 cm³/mol. The fourth-order valence-corrected chi connectivity index (χ4v) is 13.3. The van der Waals surface area contributed by atoms with E-state index in [4.69, 9.17) is 9.47 Å². The van der Waals surface area contributed by atoms with Crippen molar-refractivity contribution < 1.29 is 9.47 Å². The monoisotopic (exact) mass is 1460 g/mol. The molecule has 0 spiro atoms. The highest BCUT2D eigenvalue weighted by Gasteiger charge is 2.10. The summed E-state index contributed by atoms with van der Waals surface area (Å²) < 4.78 is 11.5. The summed E-state index contributed by atoms with van der Waals surface area (Å²) in [4.78, 5) is 2.70. The summed E-state index contributed by atoms with van der Waals surface area (Å²) in [5, 5.41) is 1.42. The number of hydrogen-bond acceptors (Lipinski definition) is 4. The molecule has 0 saturated carbocycles. The third kappa shape index (κ3) is 55.5. The average molecular weight is 1470 g/mol. The zero-order chi connectivity index (χ0) is 73.9. The van der Waals surface area contributed by atoms with Gasteiger partial charge in [0.15, 0.2) is 0 Å². The van der Waals surface area contributed by atoms with Crippen molar-refractivity contribution in [1.29, 1.82) is 0 Å². The van der Waals surface area contributed by atoms with E-state index in [0.29, 0.717) is 31.7 Å². The van der Waals surface area contributed by atoms with Crippen molar-refractivity contribution in [2.45, 2.75) is 274 Å². The molecule has 0 amide bonds. The maximum absolute atomic E-state index is 5.82. The number of ether oxygens (including phenoxy) is 2. The minimum absolute atomic E-state index is 0.446. The molecule has 0 aromatic heterocycles. The van der Waals surface area contributed by atoms with Crippen LogP contribution in [0.1, 0.15) is 257 Å². The van der Waals surface area contributed by atoms with E-state index >= 15 is 0 Å². The Morgan fingerprint density at radius 3 is 0.921 bits per heavy atom. The van der Waals surface area contributed by atoms with Gasteiger partial charge < -0.3 is 9.47 Å². The Hall–Kier alpha value is -5.66. The second kappa shape index (κ2) is 60.7. The number of rotatable bonds is 47. The largest absolute Gasteiger partial charge is 0.373 e. The molecule has 0 saturated heterocycles. The number of allylic oxidation sites excluding steroid dienone is 24. The highest BCUT2D eigenvalue weighted by molar-refractivity contribution is 9.09. The summed E-state index contributed by atoms with van der Waals surface area (Å²) in [6.45, 7) is 38.5. The quantitative estimate of drug-likeness (QED) is 0.0190. The lowest BCUT2D eigenvalue weighted by molar-refractivity contribution is 0.148. The SMILES string of the molecule is C/C(=C\CC/C(C)=C/CC/C(C)=C/COCc1ccccc1)CBr.CC(C)=CCC/C(C)=C/CC/C(C)=C/CC/C(C)=C/C(C/C(C)=C/CC/C(C)=C/CC/C(C)=C/COCc1ccccc1)Sc1ccccc1.CC(C)=CCC/C(C)=C/CC/C(C)=C/CC/C(C)=C/CSc1ccccc1. The van der Waals surface area contributed by atoms with Crippen molar-refractivity contribution >= 4 is 39.5 Å². The van der Waals surface area contributed by atoms with Crippen molar-refractivity contribution in [3.05, 3.63) is 296 Å². The van der Waals surface area contributed by atoms with E-state index in [-0.39, 0.29) is 0 Å². The normalized spacial score (nSPS) is 13.7. The average Bonchev–Trinajstić information content (AvgIpc) is 0.966. The lowest BCUT2D eigenvalue weighted by Gasteiger charge is -2.15. The zero-order valence-electron chi connectivity index (χ0n) is 66.3. The number of halogens is 1. The third-order valence-electron chi connectivity index (χ3n) is 17.4. The second-order valence-corrected chi connectivity index (χ2v) is 31.4. The Labute approximate surface area is 638 Å². The summed E-state index contributed by atoms with van der Waals surface area (Å²) in [5.74, 6) is 1.06. The van der Waals surface area contributed by atoms with Gasteiger partial charge in [0, 0.05) is 26.1 Å². The van der Waals surface area contributed by atoms with Crippen molar-refractivity contribution in [2.75, 3.05) is 24.3 Å². The highest BCUT2D eigenvalue weighted by Crippen LogP contribution is 2.31. The van der Waals surface area contributed by atoms with Gasteiger partial charge in [-0.1, -0.05) is 276 Å². The molecule has 5 heteroatoms. The topological polar surface area (TPSA) is 18.5 Å². The van der Waals surface area contributed by atoms with Crippen LogP contribution in [0.2, 0.25) is 0 Å². The lowest BCUT2D eigenvalue weighted by atomic mass is 10.0. The van der Waals surface area contributed by atoms with Crippen LogP contribution >= 0.6 is 39.5 Å². The van der Waals surface area contributed by atoms with Gasteiger partial charge in [0.2, 0.25) is 0 Å². The molecule has 101 heavy (non-hydrogen) atoms. The van der Waals surface area contributed by atoms with Gasteiger partial charge in [0.1, 0.15) is 0 Å². The van der Waals surface area contributed by atoms with E-state index in [0.717, 1.165) is 107 Å². The Bertz CT molecular complexity index is 3270. The minimum Gasteiger partial charge on any atom is -0.373 e. The molecule has 0 aliphatic rings. The molecular formula is C96H137BrO2S2. The minimum atomic E-state index is 0.446. The molecule has 2 nitrogen and oxygen atoms in total. The lowest BCUT2D eigenvalue weighted by Crippen LogP contribution is -2.01. The number of thioether (sulfide) groups is 2.